The third kappa shape index (κ3) is 5.63. The molecule has 2 rings (SSSR count). The van der Waals surface area contributed by atoms with Crippen LogP contribution in [0.5, 0.6) is 11.5 Å². The number of carbonyl (C=O) groups is 2. The second-order valence-electron chi connectivity index (χ2n) is 5.39. The van der Waals surface area contributed by atoms with Gasteiger partial charge < -0.3 is 20.1 Å². The number of nitrogens with one attached hydrogen (secondary N) is 2. The van der Waals surface area contributed by atoms with Crippen LogP contribution < -0.4 is 20.1 Å². The first kappa shape index (κ1) is 19.5. The van der Waals surface area contributed by atoms with Gasteiger partial charge >= 0.3 is 0 Å². The number of hydrogen-bond donors (Lipinski definition) is 2. The van der Waals surface area contributed by atoms with Crippen LogP contribution in [0.25, 0.3) is 0 Å². The summed E-state index contributed by atoms with van der Waals surface area (Å²) in [6.45, 7) is 1.29. The number of rotatable bonds is 7. The molecule has 0 aromatic heterocycles. The number of ether oxygens (including phenoxy) is 2. The molecule has 0 saturated carbocycles. The average Bonchev–Trinajstić information content (AvgIpc) is 2.59. The van der Waals surface area contributed by atoms with Gasteiger partial charge in [-0.1, -0.05) is 17.7 Å². The van der Waals surface area contributed by atoms with Gasteiger partial charge in [-0.05, 0) is 42.8 Å². The lowest BCUT2D eigenvalue weighted by Gasteiger charge is -2.12. The molecule has 0 aliphatic heterocycles. The summed E-state index contributed by atoms with van der Waals surface area (Å²) >= 11 is 5.80. The number of halogens is 2. The topological polar surface area (TPSA) is 76.7 Å². The molecule has 0 atom stereocenters. The van der Waals surface area contributed by atoms with Gasteiger partial charge in [-0.2, -0.15) is 0 Å². The summed E-state index contributed by atoms with van der Waals surface area (Å²) in [6, 6.07) is 8.93. The van der Waals surface area contributed by atoms with Crippen molar-refractivity contribution in [2.75, 3.05) is 25.6 Å². The van der Waals surface area contributed by atoms with Crippen molar-refractivity contribution >= 4 is 29.1 Å². The summed E-state index contributed by atoms with van der Waals surface area (Å²) in [4.78, 5) is 23.7. The molecule has 0 spiro atoms. The third-order valence-electron chi connectivity index (χ3n) is 3.33. The van der Waals surface area contributed by atoms with Crippen molar-refractivity contribution in [1.29, 1.82) is 0 Å². The summed E-state index contributed by atoms with van der Waals surface area (Å²) in [5, 5.41) is 5.14. The molecule has 138 valence electrons. The van der Waals surface area contributed by atoms with Gasteiger partial charge in [0.05, 0.1) is 24.4 Å². The fourth-order valence-electron chi connectivity index (χ4n) is 2.08. The Morgan fingerprint density at radius 1 is 1.12 bits per heavy atom. The molecule has 2 amide bonds. The minimum absolute atomic E-state index is 0.0575. The lowest BCUT2D eigenvalue weighted by Crippen LogP contribution is -2.35. The van der Waals surface area contributed by atoms with Crippen LogP contribution in [0, 0.1) is 12.7 Å². The van der Waals surface area contributed by atoms with E-state index in [2.05, 4.69) is 10.6 Å². The van der Waals surface area contributed by atoms with Gasteiger partial charge in [0.25, 0.3) is 5.91 Å². The van der Waals surface area contributed by atoms with Crippen molar-refractivity contribution in [3.05, 3.63) is 52.8 Å². The second-order valence-corrected chi connectivity index (χ2v) is 5.80. The van der Waals surface area contributed by atoms with Crippen LogP contribution in [0.1, 0.15) is 5.56 Å². The highest BCUT2D eigenvalue weighted by molar-refractivity contribution is 6.32. The third-order valence-corrected chi connectivity index (χ3v) is 3.62. The monoisotopic (exact) mass is 380 g/mol. The van der Waals surface area contributed by atoms with Gasteiger partial charge in [-0.25, -0.2) is 4.39 Å². The summed E-state index contributed by atoms with van der Waals surface area (Å²) in [5.41, 5.74) is 1.47. The van der Waals surface area contributed by atoms with Gasteiger partial charge in [0.1, 0.15) is 17.3 Å². The van der Waals surface area contributed by atoms with Crippen LogP contribution in [0.2, 0.25) is 5.02 Å². The second kappa shape index (κ2) is 9.05. The van der Waals surface area contributed by atoms with Crippen LogP contribution in [0.3, 0.4) is 0 Å². The van der Waals surface area contributed by atoms with Crippen LogP contribution in [-0.4, -0.2) is 32.1 Å². The van der Waals surface area contributed by atoms with Gasteiger partial charge in [0.15, 0.2) is 6.61 Å². The summed E-state index contributed by atoms with van der Waals surface area (Å²) in [5.74, 6) is -0.740. The number of benzene rings is 2. The maximum Gasteiger partial charge on any atom is 0.258 e. The fraction of sp³-hybridized carbons (Fsp3) is 0.222. The van der Waals surface area contributed by atoms with Gasteiger partial charge in [-0.15, -0.1) is 0 Å². The molecule has 0 bridgehead atoms. The number of carbonyl (C=O) groups excluding carboxylic acids is 2. The fourth-order valence-corrected chi connectivity index (χ4v) is 2.30. The van der Waals surface area contributed by atoms with Crippen molar-refractivity contribution < 1.29 is 23.5 Å². The van der Waals surface area contributed by atoms with Crippen LogP contribution in [0.4, 0.5) is 10.1 Å². The largest absolute Gasteiger partial charge is 0.495 e. The smallest absolute Gasteiger partial charge is 0.258 e. The summed E-state index contributed by atoms with van der Waals surface area (Å²) < 4.78 is 23.3. The number of aryl methyl sites for hydroxylation is 1. The Balaban J connectivity index is 1.81. The SMILES string of the molecule is COc1ccc(C)cc1NC(=O)CNC(=O)COc1ccc(F)cc1Cl. The Hall–Kier alpha value is -2.80. The first-order valence-corrected chi connectivity index (χ1v) is 8.06. The number of hydrogen-bond acceptors (Lipinski definition) is 4. The van der Waals surface area contributed by atoms with Crippen LogP contribution in [-0.2, 0) is 9.59 Å². The van der Waals surface area contributed by atoms with E-state index in [4.69, 9.17) is 21.1 Å². The highest BCUT2D eigenvalue weighted by atomic mass is 35.5. The van der Waals surface area contributed by atoms with E-state index in [1.54, 1.807) is 12.1 Å². The molecular formula is C18H18ClFN2O4. The molecule has 2 N–H and O–H groups in total. The minimum Gasteiger partial charge on any atom is -0.495 e. The highest BCUT2D eigenvalue weighted by Gasteiger charge is 2.11. The van der Waals surface area contributed by atoms with E-state index in [1.165, 1.54) is 19.2 Å². The summed E-state index contributed by atoms with van der Waals surface area (Å²) in [6.07, 6.45) is 0. The zero-order valence-corrected chi connectivity index (χ0v) is 15.0. The molecule has 6 nitrogen and oxygen atoms in total. The zero-order chi connectivity index (χ0) is 19.1. The Morgan fingerprint density at radius 3 is 2.54 bits per heavy atom. The number of amides is 2. The molecule has 2 aromatic carbocycles. The van der Waals surface area contributed by atoms with E-state index in [1.807, 2.05) is 13.0 Å². The normalized spacial score (nSPS) is 10.2. The summed E-state index contributed by atoms with van der Waals surface area (Å²) in [7, 11) is 1.50. The molecule has 26 heavy (non-hydrogen) atoms. The lowest BCUT2D eigenvalue weighted by molar-refractivity contribution is -0.125. The standard InChI is InChI=1S/C18H18ClFN2O4/c1-11-3-5-16(25-2)14(7-11)22-17(23)9-21-18(24)10-26-15-6-4-12(20)8-13(15)19/h3-8H,9-10H2,1-2H3,(H,21,24)(H,22,23). The lowest BCUT2D eigenvalue weighted by atomic mass is 10.2. The average molecular weight is 381 g/mol. The first-order chi connectivity index (χ1) is 12.4. The predicted octanol–water partition coefficient (Wildman–Crippen LogP) is 2.93. The van der Waals surface area contributed by atoms with E-state index >= 15 is 0 Å². The quantitative estimate of drug-likeness (QED) is 0.774. The van der Waals surface area contributed by atoms with Crippen LogP contribution in [0.15, 0.2) is 36.4 Å². The van der Waals surface area contributed by atoms with Gasteiger partial charge in [-0.3, -0.25) is 9.59 Å². The maximum atomic E-state index is 12.9. The first-order valence-electron chi connectivity index (χ1n) is 7.68. The highest BCUT2D eigenvalue weighted by Crippen LogP contribution is 2.25. The molecule has 0 saturated heterocycles. The molecule has 0 heterocycles. The maximum absolute atomic E-state index is 12.9. The number of methoxy groups -OCH3 is 1. The Labute approximate surface area is 155 Å². The molecule has 2 aromatic rings. The van der Waals surface area contributed by atoms with E-state index in [0.717, 1.165) is 11.6 Å². The van der Waals surface area contributed by atoms with Crippen molar-refractivity contribution in [1.82, 2.24) is 5.32 Å². The van der Waals surface area contributed by atoms with E-state index in [0.29, 0.717) is 11.4 Å². The van der Waals surface area contributed by atoms with Gasteiger partial charge in [0, 0.05) is 0 Å². The molecule has 0 radical (unpaired) electrons. The Kier molecular flexibility index (Phi) is 6.80. The van der Waals surface area contributed by atoms with Crippen molar-refractivity contribution in [2.24, 2.45) is 0 Å². The predicted molar refractivity (Wildman–Crippen MR) is 96.3 cm³/mol. The van der Waals surface area contributed by atoms with Crippen molar-refractivity contribution in [2.45, 2.75) is 6.92 Å². The molecule has 8 heteroatoms. The molecule has 0 aliphatic rings. The molecule has 0 unspecified atom stereocenters. The Morgan fingerprint density at radius 2 is 1.85 bits per heavy atom. The van der Waals surface area contributed by atoms with Crippen molar-refractivity contribution in [3.63, 3.8) is 0 Å². The van der Waals surface area contributed by atoms with E-state index in [-0.39, 0.29) is 23.9 Å². The number of anilines is 1. The van der Waals surface area contributed by atoms with Crippen molar-refractivity contribution in [3.8, 4) is 11.5 Å². The van der Waals surface area contributed by atoms with E-state index in [9.17, 15) is 14.0 Å². The minimum atomic E-state index is -0.517. The zero-order valence-electron chi connectivity index (χ0n) is 14.3. The van der Waals surface area contributed by atoms with Gasteiger partial charge in [0.2, 0.25) is 5.91 Å². The van der Waals surface area contributed by atoms with Crippen LogP contribution >= 0.6 is 11.6 Å². The molecular weight excluding hydrogens is 363 g/mol. The van der Waals surface area contributed by atoms with E-state index < -0.39 is 17.6 Å². The Bertz CT molecular complexity index is 814. The molecule has 0 fully saturated rings. The molecule has 0 aliphatic carbocycles.